The summed E-state index contributed by atoms with van der Waals surface area (Å²) in [5.74, 6) is -0.0549. The molecular formula is C13H20N2O2. The highest BCUT2D eigenvalue weighted by Crippen LogP contribution is 2.17. The molecular weight excluding hydrogens is 216 g/mol. The Morgan fingerprint density at radius 2 is 2.06 bits per heavy atom. The summed E-state index contributed by atoms with van der Waals surface area (Å²) in [7, 11) is 1.62. The zero-order valence-corrected chi connectivity index (χ0v) is 10.4. The maximum absolute atomic E-state index is 11.5. The standard InChI is InChI=1S/C13H20N2O2/c1-3-11(10-16)15(9-13(17)14-2)12-7-5-4-6-8-12/h4-8,11,16H,3,9-10H2,1-2H3,(H,14,17)/t11-/m1/s1. The highest BCUT2D eigenvalue weighted by Gasteiger charge is 2.18. The average Bonchev–Trinajstić information content (AvgIpc) is 2.39. The fourth-order valence-corrected chi connectivity index (χ4v) is 1.73. The van der Waals surface area contributed by atoms with Crippen molar-refractivity contribution in [3.63, 3.8) is 0 Å². The zero-order valence-electron chi connectivity index (χ0n) is 10.4. The number of carbonyl (C=O) groups is 1. The molecule has 0 aromatic heterocycles. The Labute approximate surface area is 102 Å². The number of rotatable bonds is 6. The predicted molar refractivity (Wildman–Crippen MR) is 69.0 cm³/mol. The number of aliphatic hydroxyl groups is 1. The second-order valence-corrected chi connectivity index (χ2v) is 3.88. The van der Waals surface area contributed by atoms with Gasteiger partial charge in [-0.05, 0) is 18.6 Å². The van der Waals surface area contributed by atoms with Crippen molar-refractivity contribution in [2.75, 3.05) is 25.1 Å². The van der Waals surface area contributed by atoms with Gasteiger partial charge in [0, 0.05) is 12.7 Å². The van der Waals surface area contributed by atoms with Crippen LogP contribution in [0, 0.1) is 0 Å². The molecule has 0 aliphatic rings. The number of aliphatic hydroxyl groups excluding tert-OH is 1. The van der Waals surface area contributed by atoms with Gasteiger partial charge in [0.1, 0.15) is 0 Å². The van der Waals surface area contributed by atoms with Gasteiger partial charge in [-0.2, -0.15) is 0 Å². The minimum Gasteiger partial charge on any atom is -0.394 e. The molecule has 0 spiro atoms. The molecule has 0 aliphatic heterocycles. The van der Waals surface area contributed by atoms with E-state index < -0.39 is 0 Å². The van der Waals surface area contributed by atoms with Crippen molar-refractivity contribution in [3.05, 3.63) is 30.3 Å². The molecule has 0 bridgehead atoms. The van der Waals surface area contributed by atoms with Crippen LogP contribution in [0.3, 0.4) is 0 Å². The first-order chi connectivity index (χ1) is 8.22. The van der Waals surface area contributed by atoms with Gasteiger partial charge in [0.2, 0.25) is 5.91 Å². The number of hydrogen-bond acceptors (Lipinski definition) is 3. The third-order valence-electron chi connectivity index (χ3n) is 2.80. The van der Waals surface area contributed by atoms with Gasteiger partial charge in [0.15, 0.2) is 0 Å². The largest absolute Gasteiger partial charge is 0.394 e. The second kappa shape index (κ2) is 6.91. The Morgan fingerprint density at radius 3 is 2.53 bits per heavy atom. The van der Waals surface area contributed by atoms with Crippen LogP contribution in [0.15, 0.2) is 30.3 Å². The maximum Gasteiger partial charge on any atom is 0.239 e. The monoisotopic (exact) mass is 236 g/mol. The van der Waals surface area contributed by atoms with Crippen LogP contribution in [0.4, 0.5) is 5.69 Å². The van der Waals surface area contributed by atoms with Crippen LogP contribution in [0.2, 0.25) is 0 Å². The molecule has 0 unspecified atom stereocenters. The molecule has 4 heteroatoms. The average molecular weight is 236 g/mol. The molecule has 0 saturated heterocycles. The number of nitrogens with one attached hydrogen (secondary N) is 1. The van der Waals surface area contributed by atoms with Crippen LogP contribution < -0.4 is 10.2 Å². The minimum absolute atomic E-state index is 0.0327. The Balaban J connectivity index is 2.89. The number of para-hydroxylation sites is 1. The molecule has 0 aliphatic carbocycles. The van der Waals surface area contributed by atoms with E-state index in [1.54, 1.807) is 7.05 Å². The van der Waals surface area contributed by atoms with Crippen molar-refractivity contribution in [3.8, 4) is 0 Å². The van der Waals surface area contributed by atoms with E-state index in [0.29, 0.717) is 0 Å². The summed E-state index contributed by atoms with van der Waals surface area (Å²) >= 11 is 0. The number of nitrogens with zero attached hydrogens (tertiary/aromatic N) is 1. The summed E-state index contributed by atoms with van der Waals surface area (Å²) in [6, 6.07) is 9.64. The fraction of sp³-hybridized carbons (Fsp3) is 0.462. The molecule has 0 fully saturated rings. The highest BCUT2D eigenvalue weighted by molar-refractivity contribution is 5.81. The number of hydrogen-bond donors (Lipinski definition) is 2. The van der Waals surface area contributed by atoms with E-state index in [-0.39, 0.29) is 25.1 Å². The summed E-state index contributed by atoms with van der Waals surface area (Å²) in [5, 5.41) is 12.0. The van der Waals surface area contributed by atoms with Gasteiger partial charge in [0.05, 0.1) is 19.2 Å². The number of benzene rings is 1. The summed E-state index contributed by atoms with van der Waals surface area (Å²) in [5.41, 5.74) is 0.956. The van der Waals surface area contributed by atoms with E-state index in [0.717, 1.165) is 12.1 Å². The van der Waals surface area contributed by atoms with Crippen molar-refractivity contribution >= 4 is 11.6 Å². The lowest BCUT2D eigenvalue weighted by Crippen LogP contribution is -2.43. The summed E-state index contributed by atoms with van der Waals surface area (Å²) in [6.07, 6.45) is 0.794. The minimum atomic E-state index is -0.0549. The molecule has 4 nitrogen and oxygen atoms in total. The van der Waals surface area contributed by atoms with Crippen LogP contribution >= 0.6 is 0 Å². The van der Waals surface area contributed by atoms with Gasteiger partial charge >= 0.3 is 0 Å². The molecule has 17 heavy (non-hydrogen) atoms. The Bertz CT molecular complexity index is 337. The van der Waals surface area contributed by atoms with Crippen LogP contribution in [0.25, 0.3) is 0 Å². The number of likely N-dealkylation sites (N-methyl/N-ethyl adjacent to an activating group) is 1. The van der Waals surface area contributed by atoms with E-state index in [4.69, 9.17) is 0 Å². The van der Waals surface area contributed by atoms with Gasteiger partial charge in [-0.25, -0.2) is 0 Å². The van der Waals surface area contributed by atoms with Crippen LogP contribution in [-0.4, -0.2) is 37.3 Å². The van der Waals surface area contributed by atoms with Crippen LogP contribution in [0.1, 0.15) is 13.3 Å². The summed E-state index contributed by atoms with van der Waals surface area (Å²) in [6.45, 7) is 2.31. The van der Waals surface area contributed by atoms with Crippen molar-refractivity contribution in [2.45, 2.75) is 19.4 Å². The lowest BCUT2D eigenvalue weighted by Gasteiger charge is -2.31. The second-order valence-electron chi connectivity index (χ2n) is 3.88. The maximum atomic E-state index is 11.5. The zero-order chi connectivity index (χ0) is 12.7. The number of carbonyl (C=O) groups excluding carboxylic acids is 1. The molecule has 1 aromatic rings. The van der Waals surface area contributed by atoms with E-state index in [1.165, 1.54) is 0 Å². The third-order valence-corrected chi connectivity index (χ3v) is 2.80. The molecule has 1 atom stereocenters. The molecule has 0 radical (unpaired) electrons. The van der Waals surface area contributed by atoms with Crippen LogP contribution in [-0.2, 0) is 4.79 Å². The van der Waals surface area contributed by atoms with E-state index >= 15 is 0 Å². The van der Waals surface area contributed by atoms with Gasteiger partial charge in [-0.1, -0.05) is 25.1 Å². The summed E-state index contributed by atoms with van der Waals surface area (Å²) < 4.78 is 0. The fourth-order valence-electron chi connectivity index (χ4n) is 1.73. The Kier molecular flexibility index (Phi) is 5.49. The van der Waals surface area contributed by atoms with Crippen molar-refractivity contribution in [1.82, 2.24) is 5.32 Å². The number of anilines is 1. The smallest absolute Gasteiger partial charge is 0.239 e. The van der Waals surface area contributed by atoms with Crippen molar-refractivity contribution < 1.29 is 9.90 Å². The normalized spacial score (nSPS) is 11.9. The van der Waals surface area contributed by atoms with Gasteiger partial charge in [-0.15, -0.1) is 0 Å². The first-order valence-corrected chi connectivity index (χ1v) is 5.86. The van der Waals surface area contributed by atoms with Crippen LogP contribution in [0.5, 0.6) is 0 Å². The quantitative estimate of drug-likeness (QED) is 0.775. The molecule has 1 aromatic carbocycles. The van der Waals surface area contributed by atoms with E-state index in [9.17, 15) is 9.90 Å². The summed E-state index contributed by atoms with van der Waals surface area (Å²) in [4.78, 5) is 13.4. The molecule has 0 heterocycles. The first kappa shape index (κ1) is 13.5. The number of amides is 1. The van der Waals surface area contributed by atoms with Crippen molar-refractivity contribution in [2.24, 2.45) is 0 Å². The van der Waals surface area contributed by atoms with E-state index in [2.05, 4.69) is 5.32 Å². The predicted octanol–water partition coefficient (Wildman–Crippen LogP) is 1.01. The van der Waals surface area contributed by atoms with Crippen molar-refractivity contribution in [1.29, 1.82) is 0 Å². The molecule has 94 valence electrons. The van der Waals surface area contributed by atoms with E-state index in [1.807, 2.05) is 42.2 Å². The topological polar surface area (TPSA) is 52.6 Å². The lowest BCUT2D eigenvalue weighted by molar-refractivity contribution is -0.119. The first-order valence-electron chi connectivity index (χ1n) is 5.86. The highest BCUT2D eigenvalue weighted by atomic mass is 16.3. The molecule has 1 rings (SSSR count). The lowest BCUT2D eigenvalue weighted by atomic mass is 10.1. The van der Waals surface area contributed by atoms with Gasteiger partial charge in [0.25, 0.3) is 0 Å². The molecule has 1 amide bonds. The van der Waals surface area contributed by atoms with Gasteiger partial charge < -0.3 is 15.3 Å². The third kappa shape index (κ3) is 3.75. The SMILES string of the molecule is CC[C@H](CO)N(CC(=O)NC)c1ccccc1. The Morgan fingerprint density at radius 1 is 1.41 bits per heavy atom. The molecule has 2 N–H and O–H groups in total. The molecule has 0 saturated carbocycles. The van der Waals surface area contributed by atoms with Gasteiger partial charge in [-0.3, -0.25) is 4.79 Å². The Hall–Kier alpha value is -1.55.